The Morgan fingerprint density at radius 3 is 2.05 bits per heavy atom. The van der Waals surface area contributed by atoms with Gasteiger partial charge in [-0.2, -0.15) is 0 Å². The number of aromatic nitrogens is 1. The molecule has 0 bridgehead atoms. The van der Waals surface area contributed by atoms with Crippen LogP contribution in [0.3, 0.4) is 0 Å². The molecule has 1 aromatic heterocycles. The Bertz CT molecular complexity index is 2080. The lowest BCUT2D eigenvalue weighted by Crippen LogP contribution is -2.30. The molecule has 0 N–H and O–H groups in total. The third-order valence-corrected chi connectivity index (χ3v) is 9.91. The monoisotopic (exact) mass is 570 g/mol. The maximum Gasteiger partial charge on any atom is 0.0513 e. The Morgan fingerprint density at radius 1 is 0.581 bits per heavy atom. The van der Waals surface area contributed by atoms with Crippen LogP contribution >= 0.6 is 11.8 Å². The van der Waals surface area contributed by atoms with Crippen molar-refractivity contribution in [2.75, 3.05) is 4.90 Å². The zero-order valence-electron chi connectivity index (χ0n) is 24.2. The molecule has 43 heavy (non-hydrogen) atoms. The first kappa shape index (κ1) is 25.8. The molecular weight excluding hydrogens is 541 g/mol. The number of anilines is 3. The van der Waals surface area contributed by atoms with Gasteiger partial charge in [0.15, 0.2) is 0 Å². The van der Waals surface area contributed by atoms with Crippen molar-refractivity contribution in [3.05, 3.63) is 157 Å². The lowest BCUT2D eigenvalue weighted by atomic mass is 9.73. The van der Waals surface area contributed by atoms with Crippen molar-refractivity contribution in [3.63, 3.8) is 0 Å². The molecule has 206 valence electrons. The molecule has 2 nitrogen and oxygen atoms in total. The highest BCUT2D eigenvalue weighted by atomic mass is 32.2. The predicted octanol–water partition coefficient (Wildman–Crippen LogP) is 11.3. The van der Waals surface area contributed by atoms with Gasteiger partial charge in [0.2, 0.25) is 0 Å². The molecule has 0 radical (unpaired) electrons. The van der Waals surface area contributed by atoms with Gasteiger partial charge >= 0.3 is 0 Å². The fourth-order valence-electron chi connectivity index (χ4n) is 6.74. The van der Waals surface area contributed by atoms with Gasteiger partial charge in [-0.15, -0.1) is 0 Å². The number of fused-ring (bicyclic) bond motifs is 4. The van der Waals surface area contributed by atoms with Gasteiger partial charge in [-0.25, -0.2) is 0 Å². The fourth-order valence-corrected chi connectivity index (χ4v) is 7.86. The van der Waals surface area contributed by atoms with Crippen molar-refractivity contribution in [3.8, 4) is 11.1 Å². The maximum atomic E-state index is 4.58. The van der Waals surface area contributed by atoms with Crippen LogP contribution < -0.4 is 4.90 Å². The average Bonchev–Trinajstić information content (AvgIpc) is 3.06. The zero-order valence-corrected chi connectivity index (χ0v) is 25.0. The van der Waals surface area contributed by atoms with Crippen molar-refractivity contribution in [2.24, 2.45) is 0 Å². The average molecular weight is 571 g/mol. The maximum absolute atomic E-state index is 4.58. The molecule has 0 saturated heterocycles. The van der Waals surface area contributed by atoms with E-state index >= 15 is 0 Å². The smallest absolute Gasteiger partial charge is 0.0513 e. The van der Waals surface area contributed by atoms with Crippen LogP contribution in [0, 0.1) is 0 Å². The standard InChI is InChI=1S/C40H30N2S/c1-40(2)34-19-11-12-20-36(34)42(28-15-7-4-8-16-28)37-25-29(21-22-35(37)40)43-39-31-18-10-9-17-30(31)38(27-13-5-3-6-14-27)33-26-41-24-23-32(33)39/h3-26H,1-2H3. The number of benzene rings is 6. The number of hydrogen-bond acceptors (Lipinski definition) is 3. The van der Waals surface area contributed by atoms with Gasteiger partial charge in [0.25, 0.3) is 0 Å². The number of nitrogens with zero attached hydrogens (tertiary/aromatic N) is 2. The largest absolute Gasteiger partial charge is 0.310 e. The van der Waals surface area contributed by atoms with Crippen LogP contribution in [-0.4, -0.2) is 4.98 Å². The van der Waals surface area contributed by atoms with Gasteiger partial charge in [0, 0.05) is 38.7 Å². The molecule has 3 heteroatoms. The second-order valence-corrected chi connectivity index (χ2v) is 12.7. The third-order valence-electron chi connectivity index (χ3n) is 8.77. The first-order valence-corrected chi connectivity index (χ1v) is 15.5. The second kappa shape index (κ2) is 10.1. The third kappa shape index (κ3) is 4.15. The minimum atomic E-state index is -0.122. The summed E-state index contributed by atoms with van der Waals surface area (Å²) in [5.41, 5.74) is 8.64. The molecule has 0 fully saturated rings. The van der Waals surface area contributed by atoms with E-state index in [9.17, 15) is 0 Å². The minimum Gasteiger partial charge on any atom is -0.310 e. The van der Waals surface area contributed by atoms with E-state index in [2.05, 4.69) is 157 Å². The Balaban J connectivity index is 1.34. The summed E-state index contributed by atoms with van der Waals surface area (Å²) < 4.78 is 0. The number of hydrogen-bond donors (Lipinski definition) is 0. The molecule has 1 aliphatic rings. The molecule has 7 aromatic rings. The van der Waals surface area contributed by atoms with E-state index in [-0.39, 0.29) is 5.41 Å². The number of rotatable bonds is 4. The lowest BCUT2D eigenvalue weighted by Gasteiger charge is -2.42. The lowest BCUT2D eigenvalue weighted by molar-refractivity contribution is 0.631. The summed E-state index contributed by atoms with van der Waals surface area (Å²) in [5, 5.41) is 4.90. The summed E-state index contributed by atoms with van der Waals surface area (Å²) in [6.07, 6.45) is 3.94. The van der Waals surface area contributed by atoms with Crippen molar-refractivity contribution >= 4 is 50.4 Å². The van der Waals surface area contributed by atoms with Gasteiger partial charge in [-0.3, -0.25) is 4.98 Å². The van der Waals surface area contributed by atoms with E-state index in [1.807, 2.05) is 24.2 Å². The van der Waals surface area contributed by atoms with E-state index in [1.54, 1.807) is 0 Å². The van der Waals surface area contributed by atoms with Crippen LogP contribution in [0.4, 0.5) is 17.1 Å². The molecule has 2 heterocycles. The van der Waals surface area contributed by atoms with Crippen LogP contribution in [0.15, 0.2) is 156 Å². The minimum absolute atomic E-state index is 0.122. The number of para-hydroxylation sites is 2. The Labute approximate surface area is 256 Å². The van der Waals surface area contributed by atoms with Gasteiger partial charge < -0.3 is 4.90 Å². The highest BCUT2D eigenvalue weighted by Gasteiger charge is 2.36. The van der Waals surface area contributed by atoms with Crippen molar-refractivity contribution in [2.45, 2.75) is 29.1 Å². The van der Waals surface area contributed by atoms with Crippen LogP contribution in [0.1, 0.15) is 25.0 Å². The summed E-state index contributed by atoms with van der Waals surface area (Å²) in [6, 6.07) is 48.3. The van der Waals surface area contributed by atoms with Gasteiger partial charge in [-0.1, -0.05) is 123 Å². The van der Waals surface area contributed by atoms with Crippen molar-refractivity contribution < 1.29 is 0 Å². The number of pyridine rings is 1. The topological polar surface area (TPSA) is 16.1 Å². The van der Waals surface area contributed by atoms with Crippen molar-refractivity contribution in [1.82, 2.24) is 4.98 Å². The van der Waals surface area contributed by atoms with E-state index in [1.165, 1.54) is 70.7 Å². The Hall–Kier alpha value is -4.86. The summed E-state index contributed by atoms with van der Waals surface area (Å²) >= 11 is 1.85. The first-order valence-electron chi connectivity index (χ1n) is 14.7. The second-order valence-electron chi connectivity index (χ2n) is 11.6. The molecule has 0 aliphatic carbocycles. The van der Waals surface area contributed by atoms with Crippen LogP contribution in [0.5, 0.6) is 0 Å². The van der Waals surface area contributed by atoms with Crippen LogP contribution in [-0.2, 0) is 5.41 Å². The summed E-state index contributed by atoms with van der Waals surface area (Å²) in [7, 11) is 0. The quantitative estimate of drug-likeness (QED) is 0.196. The van der Waals surface area contributed by atoms with E-state index in [4.69, 9.17) is 0 Å². The molecule has 0 saturated carbocycles. The van der Waals surface area contributed by atoms with Crippen molar-refractivity contribution in [1.29, 1.82) is 0 Å². The zero-order chi connectivity index (χ0) is 29.0. The SMILES string of the molecule is CC1(C)c2ccccc2N(c2ccccc2)c2cc(Sc3c4ccccc4c(-c4ccccc4)c4cnccc34)ccc21. The van der Waals surface area contributed by atoms with Gasteiger partial charge in [-0.05, 0) is 74.8 Å². The highest BCUT2D eigenvalue weighted by Crippen LogP contribution is 2.53. The Kier molecular flexibility index (Phi) is 6.09. The predicted molar refractivity (Wildman–Crippen MR) is 182 cm³/mol. The molecule has 0 amide bonds. The highest BCUT2D eigenvalue weighted by molar-refractivity contribution is 7.99. The van der Waals surface area contributed by atoms with E-state index in [0.29, 0.717) is 0 Å². The molecular formula is C40H30N2S. The van der Waals surface area contributed by atoms with Crippen LogP contribution in [0.2, 0.25) is 0 Å². The first-order chi connectivity index (χ1) is 21.1. The normalized spacial score (nSPS) is 13.6. The summed E-state index contributed by atoms with van der Waals surface area (Å²) in [5.74, 6) is 0. The molecule has 1 aliphatic heterocycles. The van der Waals surface area contributed by atoms with Gasteiger partial charge in [0.1, 0.15) is 0 Å². The van der Waals surface area contributed by atoms with E-state index < -0.39 is 0 Å². The molecule has 6 aromatic carbocycles. The summed E-state index contributed by atoms with van der Waals surface area (Å²) in [6.45, 7) is 4.69. The molecule has 0 atom stereocenters. The summed E-state index contributed by atoms with van der Waals surface area (Å²) in [4.78, 5) is 9.48. The Morgan fingerprint density at radius 2 is 1.23 bits per heavy atom. The molecule has 0 unspecified atom stereocenters. The van der Waals surface area contributed by atoms with Crippen LogP contribution in [0.25, 0.3) is 32.7 Å². The van der Waals surface area contributed by atoms with Gasteiger partial charge in [0.05, 0.1) is 11.4 Å². The fraction of sp³-hybridized carbons (Fsp3) is 0.0750. The molecule has 8 rings (SSSR count). The molecule has 0 spiro atoms. The van der Waals surface area contributed by atoms with E-state index in [0.717, 1.165) is 0 Å².